The molecule has 0 aliphatic heterocycles. The van der Waals surface area contributed by atoms with Crippen LogP contribution in [-0.2, 0) is 39.3 Å². The lowest BCUT2D eigenvalue weighted by Crippen LogP contribution is -2.66. The summed E-state index contributed by atoms with van der Waals surface area (Å²) in [7, 11) is -12.3. The number of esters is 2. The van der Waals surface area contributed by atoms with Crippen molar-refractivity contribution in [3.63, 3.8) is 0 Å². The van der Waals surface area contributed by atoms with Gasteiger partial charge in [-0.1, -0.05) is 12.2 Å². The summed E-state index contributed by atoms with van der Waals surface area (Å²) in [5.74, 6) is -16.9. The Kier molecular flexibility index (Phi) is 10.0. The number of hydrogen-bond acceptors (Lipinski definition) is 8. The molecule has 4 bridgehead atoms. The summed E-state index contributed by atoms with van der Waals surface area (Å²) in [4.78, 5) is 26.7. The summed E-state index contributed by atoms with van der Waals surface area (Å²) >= 11 is 0. The van der Waals surface area contributed by atoms with E-state index in [0.717, 1.165) is 6.08 Å². The van der Waals surface area contributed by atoms with Crippen LogP contribution in [0.25, 0.3) is 0 Å². The molecule has 24 heteroatoms. The van der Waals surface area contributed by atoms with Crippen molar-refractivity contribution in [1.82, 2.24) is 0 Å². The largest absolute Gasteiger partial charge is 0.438 e. The summed E-state index contributed by atoms with van der Waals surface area (Å²) in [6.45, 7) is 0. The third-order valence-corrected chi connectivity index (χ3v) is 11.6. The molecule has 2 N–H and O–H groups in total. The van der Waals surface area contributed by atoms with Gasteiger partial charge in [-0.15, -0.1) is 0 Å². The molecule has 5 aliphatic carbocycles. The normalized spacial score (nSPS) is 31.1. The minimum Gasteiger partial charge on any atom is -0.438 e. The highest BCUT2D eigenvalue weighted by Gasteiger charge is 2.78. The smallest absolute Gasteiger partial charge is 0.438 e. The van der Waals surface area contributed by atoms with Crippen LogP contribution in [0.1, 0.15) is 44.9 Å². The van der Waals surface area contributed by atoms with E-state index in [2.05, 4.69) is 9.47 Å². The summed E-state index contributed by atoms with van der Waals surface area (Å²) in [6.07, 6.45) is -25.7. The summed E-state index contributed by atoms with van der Waals surface area (Å²) in [6, 6.07) is 0. The van der Waals surface area contributed by atoms with Gasteiger partial charge in [-0.2, -0.15) is 69.5 Å². The summed E-state index contributed by atoms with van der Waals surface area (Å²) in [5.41, 5.74) is -13.7. The molecule has 0 spiro atoms. The fraction of sp³-hybridized carbons (Fsp3) is 0.846. The molecule has 5 unspecified atom stereocenters. The van der Waals surface area contributed by atoms with Crippen molar-refractivity contribution in [3.05, 3.63) is 12.2 Å². The Hall–Kier alpha value is -2.34. The minimum atomic E-state index is -6.65. The van der Waals surface area contributed by atoms with Crippen molar-refractivity contribution < 1.29 is 97.7 Å². The molecule has 0 amide bonds. The average Bonchev–Trinajstić information content (AvgIpc) is 2.87. The van der Waals surface area contributed by atoms with Gasteiger partial charge < -0.3 is 9.47 Å². The first-order valence-corrected chi connectivity index (χ1v) is 17.8. The molecule has 50 heavy (non-hydrogen) atoms. The van der Waals surface area contributed by atoms with E-state index in [1.165, 1.54) is 6.08 Å². The second-order valence-electron chi connectivity index (χ2n) is 13.5. The van der Waals surface area contributed by atoms with Gasteiger partial charge in [0.1, 0.15) is 11.5 Å². The molecule has 5 aliphatic rings. The van der Waals surface area contributed by atoms with Gasteiger partial charge >= 0.3 is 47.8 Å². The first-order chi connectivity index (χ1) is 22.3. The molecule has 5 rings (SSSR count). The zero-order valence-electron chi connectivity index (χ0n) is 25.0. The van der Waals surface area contributed by atoms with Gasteiger partial charge in [0, 0.05) is 0 Å². The number of hydrogen-bond donors (Lipinski definition) is 2. The van der Waals surface area contributed by atoms with E-state index in [9.17, 15) is 79.1 Å². The zero-order valence-corrected chi connectivity index (χ0v) is 26.6. The molecule has 4 fully saturated rings. The van der Waals surface area contributed by atoms with Crippen molar-refractivity contribution >= 4 is 32.2 Å². The van der Waals surface area contributed by atoms with Gasteiger partial charge in [0.15, 0.2) is 0 Å². The van der Waals surface area contributed by atoms with Gasteiger partial charge in [0.2, 0.25) is 0 Å². The highest BCUT2D eigenvalue weighted by atomic mass is 32.2. The maximum atomic E-state index is 14.1. The molecule has 288 valence electrons. The van der Waals surface area contributed by atoms with Gasteiger partial charge in [-0.25, -0.2) is 0 Å². The topological polar surface area (TPSA) is 161 Å². The fourth-order valence-corrected chi connectivity index (χ4v) is 10.3. The van der Waals surface area contributed by atoms with Crippen LogP contribution in [0.4, 0.5) is 52.7 Å². The Morgan fingerprint density at radius 2 is 1.10 bits per heavy atom. The van der Waals surface area contributed by atoms with Gasteiger partial charge in [-0.05, 0) is 74.5 Å². The van der Waals surface area contributed by atoms with E-state index >= 15 is 0 Å². The Bertz CT molecular complexity index is 1560. The Balaban J connectivity index is 1.73. The summed E-state index contributed by atoms with van der Waals surface area (Å²) < 4.78 is 238. The minimum absolute atomic E-state index is 0.240. The lowest BCUT2D eigenvalue weighted by Gasteiger charge is -2.62. The zero-order chi connectivity index (χ0) is 38.3. The maximum Gasteiger partial charge on any atom is 0.438 e. The number of allylic oxidation sites excluding steroid dienone is 2. The van der Waals surface area contributed by atoms with Crippen LogP contribution < -0.4 is 0 Å². The molecule has 5 atom stereocenters. The SMILES string of the molecule is O=C(OC(CS(=O)(=O)O)(C(F)(F)F)C(F)(F)F)C1CC=CC(C2C3CC4CC(C3)CC2(C(=O)OC(CS(=O)(=O)O)(C(F)(F)F)C(F)(F)F)C4)C1. The number of ether oxygens (including phenoxy) is 2. The van der Waals surface area contributed by atoms with Crippen molar-refractivity contribution in [3.8, 4) is 0 Å². The standard InChI is InChI=1S/C26H28F12O10S2/c27-23(28,29)21(24(30,31)32,10-49(41,42)43)47-18(39)15-3-1-2-14(7-15)17-16-5-12-4-13(6-16)9-20(17,8-12)19(40)48-22(25(33,34)35,26(36,37)38)11-50(44,45)46/h1-2,12-17H,3-11H2,(H,41,42,43)(H,44,45,46). The van der Waals surface area contributed by atoms with Crippen molar-refractivity contribution in [2.75, 3.05) is 11.5 Å². The lowest BCUT2D eigenvalue weighted by atomic mass is 9.42. The van der Waals surface area contributed by atoms with Crippen LogP contribution in [-0.4, -0.2) is 85.3 Å². The molecular weight excluding hydrogens is 764 g/mol. The Morgan fingerprint density at radius 1 is 0.680 bits per heavy atom. The number of rotatable bonds is 9. The molecule has 10 nitrogen and oxygen atoms in total. The molecule has 0 aromatic heterocycles. The van der Waals surface area contributed by atoms with Gasteiger partial charge in [0.25, 0.3) is 20.2 Å². The van der Waals surface area contributed by atoms with Crippen LogP contribution in [0.2, 0.25) is 0 Å². The molecule has 0 saturated heterocycles. The van der Waals surface area contributed by atoms with Crippen LogP contribution in [0.5, 0.6) is 0 Å². The van der Waals surface area contributed by atoms with E-state index in [1.807, 2.05) is 0 Å². The second-order valence-corrected chi connectivity index (χ2v) is 16.4. The lowest BCUT2D eigenvalue weighted by molar-refractivity contribution is -0.365. The first-order valence-electron chi connectivity index (χ1n) is 14.6. The fourth-order valence-electron chi connectivity index (χ4n) is 8.49. The molecule has 0 radical (unpaired) electrons. The summed E-state index contributed by atoms with van der Waals surface area (Å²) in [5, 5.41) is 0. The van der Waals surface area contributed by atoms with Crippen molar-refractivity contribution in [2.24, 2.45) is 40.9 Å². The predicted octanol–water partition coefficient (Wildman–Crippen LogP) is 5.60. The van der Waals surface area contributed by atoms with Gasteiger partial charge in [-0.3, -0.25) is 18.7 Å². The van der Waals surface area contributed by atoms with E-state index in [-0.39, 0.29) is 12.8 Å². The van der Waals surface area contributed by atoms with E-state index in [0.29, 0.717) is 6.42 Å². The monoisotopic (exact) mass is 792 g/mol. The molecule has 0 aromatic carbocycles. The van der Waals surface area contributed by atoms with E-state index in [4.69, 9.17) is 9.11 Å². The highest BCUT2D eigenvalue weighted by molar-refractivity contribution is 7.86. The van der Waals surface area contributed by atoms with E-state index in [1.54, 1.807) is 0 Å². The number of alkyl halides is 12. The third kappa shape index (κ3) is 7.30. The van der Waals surface area contributed by atoms with Crippen molar-refractivity contribution in [1.29, 1.82) is 0 Å². The number of carbonyl (C=O) groups is 2. The van der Waals surface area contributed by atoms with Crippen LogP contribution in [0.3, 0.4) is 0 Å². The van der Waals surface area contributed by atoms with Crippen LogP contribution >= 0.6 is 0 Å². The third-order valence-electron chi connectivity index (χ3n) is 10.1. The molecule has 0 heterocycles. The second kappa shape index (κ2) is 12.4. The van der Waals surface area contributed by atoms with Crippen LogP contribution in [0.15, 0.2) is 12.2 Å². The molecule has 0 aromatic rings. The van der Waals surface area contributed by atoms with Crippen molar-refractivity contribution in [2.45, 2.75) is 80.9 Å². The molecule has 4 saturated carbocycles. The molecular formula is C26H28F12O10S2. The number of halogens is 12. The van der Waals surface area contributed by atoms with Crippen LogP contribution in [0, 0.1) is 40.9 Å². The highest BCUT2D eigenvalue weighted by Crippen LogP contribution is 2.67. The van der Waals surface area contributed by atoms with E-state index < -0.39 is 146 Å². The van der Waals surface area contributed by atoms with Gasteiger partial charge in [0.05, 0.1) is 11.3 Å². The Morgan fingerprint density at radius 3 is 1.50 bits per heavy atom. The maximum absolute atomic E-state index is 14.1. The Labute approximate surface area is 275 Å². The predicted molar refractivity (Wildman–Crippen MR) is 140 cm³/mol. The first kappa shape index (κ1) is 40.4. The quantitative estimate of drug-likeness (QED) is 0.130. The average molecular weight is 793 g/mol. The number of carbonyl (C=O) groups excluding carboxylic acids is 2.